The van der Waals surface area contributed by atoms with Crippen molar-refractivity contribution in [2.75, 3.05) is 19.6 Å². The maximum absolute atomic E-state index is 15.9. The number of ether oxygens (including phenoxy) is 1. The van der Waals surface area contributed by atoms with Gasteiger partial charge in [0.15, 0.2) is 0 Å². The van der Waals surface area contributed by atoms with Gasteiger partial charge in [-0.1, -0.05) is 12.1 Å². The normalized spacial score (nSPS) is 18.1. The molecule has 0 aliphatic carbocycles. The summed E-state index contributed by atoms with van der Waals surface area (Å²) in [5.74, 6) is -4.19. The molecule has 0 unspecified atom stereocenters. The Hall–Kier alpha value is -5.25. The third-order valence-electron chi connectivity index (χ3n) is 9.28. The second kappa shape index (κ2) is 14.0. The predicted octanol–water partition coefficient (Wildman–Crippen LogP) is 7.53. The molecule has 2 aliphatic heterocycles. The molecule has 2 N–H and O–H groups in total. The molecule has 3 heterocycles. The van der Waals surface area contributed by atoms with Crippen LogP contribution in [-0.2, 0) is 28.4 Å². The number of carbonyl (C=O) groups excluding carboxylic acids is 1. The minimum Gasteiger partial charge on any atom is -0.481 e. The van der Waals surface area contributed by atoms with E-state index < -0.39 is 88.3 Å². The highest BCUT2D eigenvalue weighted by atomic mass is 19.4. The lowest BCUT2D eigenvalue weighted by molar-refractivity contribution is -0.139. The van der Waals surface area contributed by atoms with Gasteiger partial charge in [0.1, 0.15) is 29.5 Å². The zero-order valence-corrected chi connectivity index (χ0v) is 28.0. The fraction of sp³-hybridized carbons (Fsp3) is 0.324. The molecular formula is C37H31F8N3O5. The van der Waals surface area contributed by atoms with Crippen LogP contribution in [0.3, 0.4) is 0 Å². The Morgan fingerprint density at radius 1 is 0.962 bits per heavy atom. The number of hydrogen-bond donors (Lipinski definition) is 2. The monoisotopic (exact) mass is 749 g/mol. The Kier molecular flexibility index (Phi) is 9.87. The molecule has 0 spiro atoms. The quantitative estimate of drug-likeness (QED) is 0.198. The molecule has 16 heteroatoms. The van der Waals surface area contributed by atoms with Crippen LogP contribution in [0.25, 0.3) is 11.1 Å². The minimum absolute atomic E-state index is 0.00703. The van der Waals surface area contributed by atoms with Crippen molar-refractivity contribution >= 4 is 11.9 Å². The van der Waals surface area contributed by atoms with Gasteiger partial charge < -0.3 is 15.2 Å². The minimum atomic E-state index is -5.06. The molecule has 2 aliphatic rings. The van der Waals surface area contributed by atoms with Crippen LogP contribution in [0.5, 0.6) is 11.5 Å². The molecule has 6 rings (SSSR count). The highest BCUT2D eigenvalue weighted by Crippen LogP contribution is 2.42. The first-order chi connectivity index (χ1) is 24.8. The number of rotatable bonds is 6. The number of carboxylic acids is 1. The third-order valence-corrected chi connectivity index (χ3v) is 9.28. The van der Waals surface area contributed by atoms with Gasteiger partial charge in [-0.3, -0.25) is 23.9 Å². The van der Waals surface area contributed by atoms with Gasteiger partial charge in [-0.2, -0.15) is 26.3 Å². The maximum atomic E-state index is 15.9. The van der Waals surface area contributed by atoms with E-state index in [1.165, 1.54) is 30.0 Å². The number of amides is 1. The third kappa shape index (κ3) is 7.77. The van der Waals surface area contributed by atoms with Crippen LogP contribution in [0, 0.1) is 19.7 Å². The lowest BCUT2D eigenvalue weighted by Crippen LogP contribution is -2.49. The van der Waals surface area contributed by atoms with Crippen molar-refractivity contribution in [2.45, 2.75) is 57.3 Å². The lowest BCUT2D eigenvalue weighted by Gasteiger charge is -2.34. The number of alkyl halides is 7. The van der Waals surface area contributed by atoms with E-state index in [1.807, 2.05) is 0 Å². The highest BCUT2D eigenvalue weighted by Gasteiger charge is 2.39. The van der Waals surface area contributed by atoms with Crippen LogP contribution in [0.15, 0.2) is 65.6 Å². The Morgan fingerprint density at radius 2 is 1.68 bits per heavy atom. The molecule has 4 aromatic rings. The molecule has 3 aromatic carbocycles. The number of carboxylic acid groups (broad SMARTS) is 1. The van der Waals surface area contributed by atoms with E-state index in [4.69, 9.17) is 4.74 Å². The molecule has 280 valence electrons. The van der Waals surface area contributed by atoms with E-state index >= 15 is 4.39 Å². The van der Waals surface area contributed by atoms with Crippen LogP contribution in [0.4, 0.5) is 35.1 Å². The summed E-state index contributed by atoms with van der Waals surface area (Å²) in [6.45, 7) is 2.90. The average molecular weight is 750 g/mol. The van der Waals surface area contributed by atoms with Crippen molar-refractivity contribution in [2.24, 2.45) is 0 Å². The van der Waals surface area contributed by atoms with Gasteiger partial charge in [0.25, 0.3) is 5.56 Å². The van der Waals surface area contributed by atoms with E-state index in [-0.39, 0.29) is 54.6 Å². The summed E-state index contributed by atoms with van der Waals surface area (Å²) in [5.41, 5.74) is -4.36. The van der Waals surface area contributed by atoms with Crippen LogP contribution in [0.2, 0.25) is 0 Å². The van der Waals surface area contributed by atoms with Gasteiger partial charge in [-0.15, -0.1) is 0 Å². The zero-order valence-electron chi connectivity index (χ0n) is 28.0. The molecule has 4 bridgehead atoms. The summed E-state index contributed by atoms with van der Waals surface area (Å²) in [6.07, 6.45) is -11.9. The number of fused-ring (bicyclic) bond motifs is 6. The highest BCUT2D eigenvalue weighted by molar-refractivity contribution is 5.85. The standard InChI is InChI=1S/C37H31F8N3O5/c1-18-4-3-5-29-32(18)21-8-19(2)33(39)26(11-21)28(14-31(50)51)46-35(52)34(22-9-23(36(40,41)42)12-25(10-22)53-29)48-15-20(6-7-47-16-24(38)17-47)27(13-30(48)49)37(43,44)45/h3-5,8-13,15,24,28,34H,6-7,14,16-17H2,1-2H3,(H,46,52)(H,50,51)/t28-,34-/m1/s1. The number of hydrogen-bond acceptors (Lipinski definition) is 5. The Morgan fingerprint density at radius 3 is 2.32 bits per heavy atom. The first-order valence-corrected chi connectivity index (χ1v) is 16.3. The van der Waals surface area contributed by atoms with Gasteiger partial charge in [0.05, 0.1) is 23.6 Å². The number of carbonyl (C=O) groups is 2. The largest absolute Gasteiger partial charge is 0.481 e. The number of aliphatic carboxylic acids is 1. The van der Waals surface area contributed by atoms with E-state index in [9.17, 15) is 50.2 Å². The van der Waals surface area contributed by atoms with E-state index in [0.29, 0.717) is 34.0 Å². The number of benzene rings is 3. The summed E-state index contributed by atoms with van der Waals surface area (Å²) < 4.78 is 122. The molecule has 0 radical (unpaired) electrons. The maximum Gasteiger partial charge on any atom is 0.416 e. The number of aryl methyl sites for hydroxylation is 2. The topological polar surface area (TPSA) is 101 Å². The predicted molar refractivity (Wildman–Crippen MR) is 175 cm³/mol. The average Bonchev–Trinajstić information content (AvgIpc) is 3.03. The van der Waals surface area contributed by atoms with E-state index in [0.717, 1.165) is 6.07 Å². The van der Waals surface area contributed by atoms with Crippen LogP contribution in [-0.4, -0.2) is 52.3 Å². The SMILES string of the molecule is Cc1cc2cc(c1F)[C@@H](CC(=O)O)NC(=O)[C@H](n1cc(CCN3CC(F)C3)c(C(F)(F)F)cc1=O)c1cc(cc(C(F)(F)F)c1)Oc1cccc(C)c1-2. The zero-order chi connectivity index (χ0) is 38.6. The summed E-state index contributed by atoms with van der Waals surface area (Å²) in [7, 11) is 0. The van der Waals surface area contributed by atoms with Crippen molar-refractivity contribution in [3.05, 3.63) is 116 Å². The summed E-state index contributed by atoms with van der Waals surface area (Å²) >= 11 is 0. The Balaban J connectivity index is 1.63. The molecule has 1 saturated heterocycles. The number of likely N-dealkylation sites (tertiary alicyclic amines) is 1. The molecule has 8 nitrogen and oxygen atoms in total. The summed E-state index contributed by atoms with van der Waals surface area (Å²) in [4.78, 5) is 41.5. The molecule has 1 fully saturated rings. The lowest BCUT2D eigenvalue weighted by atomic mass is 9.92. The smallest absolute Gasteiger partial charge is 0.416 e. The van der Waals surface area contributed by atoms with Gasteiger partial charge >= 0.3 is 18.3 Å². The summed E-state index contributed by atoms with van der Waals surface area (Å²) in [5, 5.41) is 12.2. The van der Waals surface area contributed by atoms with Crippen molar-refractivity contribution < 1.29 is 54.6 Å². The first-order valence-electron chi connectivity index (χ1n) is 16.3. The molecule has 2 atom stereocenters. The van der Waals surface area contributed by atoms with Gasteiger partial charge in [-0.05, 0) is 84.5 Å². The fourth-order valence-electron chi connectivity index (χ4n) is 6.75. The number of pyridine rings is 1. The molecular weight excluding hydrogens is 718 g/mol. The van der Waals surface area contributed by atoms with Crippen LogP contribution < -0.4 is 15.6 Å². The molecule has 53 heavy (non-hydrogen) atoms. The van der Waals surface area contributed by atoms with E-state index in [2.05, 4.69) is 5.32 Å². The van der Waals surface area contributed by atoms with Gasteiger partial charge in [0.2, 0.25) is 5.91 Å². The second-order valence-corrected chi connectivity index (χ2v) is 13.2. The number of halogens is 8. The Bertz CT molecular complexity index is 2160. The van der Waals surface area contributed by atoms with Crippen molar-refractivity contribution in [1.82, 2.24) is 14.8 Å². The van der Waals surface area contributed by atoms with Crippen LogP contribution in [0.1, 0.15) is 57.4 Å². The van der Waals surface area contributed by atoms with Crippen molar-refractivity contribution in [3.63, 3.8) is 0 Å². The summed E-state index contributed by atoms with van der Waals surface area (Å²) in [6, 6.07) is 5.91. The van der Waals surface area contributed by atoms with Gasteiger partial charge in [-0.25, -0.2) is 8.78 Å². The van der Waals surface area contributed by atoms with E-state index in [1.54, 1.807) is 19.1 Å². The number of aromatic nitrogens is 1. The fourth-order valence-corrected chi connectivity index (χ4v) is 6.75. The molecule has 1 amide bonds. The number of nitrogens with one attached hydrogen (secondary N) is 1. The second-order valence-electron chi connectivity index (χ2n) is 13.2. The number of nitrogens with zero attached hydrogens (tertiary/aromatic N) is 2. The molecule has 0 saturated carbocycles. The van der Waals surface area contributed by atoms with Crippen LogP contribution >= 0.6 is 0 Å². The Labute approximate surface area is 296 Å². The van der Waals surface area contributed by atoms with Crippen molar-refractivity contribution in [1.29, 1.82) is 0 Å². The van der Waals surface area contributed by atoms with Gasteiger partial charge in [0, 0.05) is 43.0 Å². The first kappa shape index (κ1) is 37.5. The van der Waals surface area contributed by atoms with Crippen molar-refractivity contribution in [3.8, 4) is 22.6 Å². The molecule has 1 aromatic heterocycles.